The number of amides is 1. The van der Waals surface area contributed by atoms with Gasteiger partial charge in [-0.3, -0.25) is 4.79 Å². The van der Waals surface area contributed by atoms with E-state index >= 15 is 0 Å². The number of nitrogens with zero attached hydrogens (tertiary/aromatic N) is 2. The Labute approximate surface area is 145 Å². The number of carbonyl (C=O) groups is 1. The van der Waals surface area contributed by atoms with Crippen molar-refractivity contribution in [3.05, 3.63) is 95.8 Å². The minimum absolute atomic E-state index is 0.0328. The molecule has 1 amide bonds. The van der Waals surface area contributed by atoms with Gasteiger partial charge in [-0.1, -0.05) is 66.8 Å². The van der Waals surface area contributed by atoms with Crippen molar-refractivity contribution in [3.8, 4) is 0 Å². The van der Waals surface area contributed by atoms with Gasteiger partial charge in [-0.2, -0.15) is 5.10 Å². The molecule has 4 heteroatoms. The Balaban J connectivity index is 1.72. The molecule has 1 heterocycles. The summed E-state index contributed by atoms with van der Waals surface area (Å²) in [6.07, 6.45) is 7.83. The number of benzene rings is 2. The lowest BCUT2D eigenvalue weighted by molar-refractivity contribution is -0.136. The van der Waals surface area contributed by atoms with Gasteiger partial charge in [0.15, 0.2) is 0 Å². The summed E-state index contributed by atoms with van der Waals surface area (Å²) in [4.78, 5) is 12.9. The van der Waals surface area contributed by atoms with Crippen molar-refractivity contribution < 1.29 is 9.18 Å². The number of hydrazone groups is 1. The number of rotatable bonds is 3. The molecular weight excluding hydrogens is 315 g/mol. The minimum atomic E-state index is -0.289. The van der Waals surface area contributed by atoms with Gasteiger partial charge in [0.25, 0.3) is 5.91 Å². The number of hydrogen-bond acceptors (Lipinski definition) is 2. The molecule has 1 aliphatic heterocycles. The van der Waals surface area contributed by atoms with E-state index in [1.165, 1.54) is 17.1 Å². The van der Waals surface area contributed by atoms with Gasteiger partial charge in [-0.15, -0.1) is 0 Å². The molecule has 1 aliphatic carbocycles. The van der Waals surface area contributed by atoms with Gasteiger partial charge < -0.3 is 0 Å². The second-order valence-corrected chi connectivity index (χ2v) is 6.19. The standard InChI is InChI=1S/C21H17FN2O/c22-17-12-10-15(11-13-17)14-24-21(25)19-9-5-4-8-18(19)20(23-24)16-6-2-1-3-7-16/h1-13,18-19H,14H2/t18-,19-/m0/s1. The van der Waals surface area contributed by atoms with Gasteiger partial charge in [-0.05, 0) is 23.3 Å². The Morgan fingerprint density at radius 3 is 2.32 bits per heavy atom. The van der Waals surface area contributed by atoms with Gasteiger partial charge in [0.1, 0.15) is 5.82 Å². The Morgan fingerprint density at radius 1 is 0.920 bits per heavy atom. The van der Waals surface area contributed by atoms with E-state index in [2.05, 4.69) is 5.10 Å². The number of hydrogen-bond donors (Lipinski definition) is 0. The summed E-state index contributed by atoms with van der Waals surface area (Å²) in [6, 6.07) is 16.1. The maximum atomic E-state index is 13.1. The highest BCUT2D eigenvalue weighted by molar-refractivity contribution is 6.08. The van der Waals surface area contributed by atoms with Crippen LogP contribution in [0.15, 0.2) is 84.0 Å². The van der Waals surface area contributed by atoms with Crippen LogP contribution in [-0.4, -0.2) is 16.6 Å². The van der Waals surface area contributed by atoms with Crippen LogP contribution in [0.4, 0.5) is 4.39 Å². The second kappa shape index (κ2) is 6.48. The van der Waals surface area contributed by atoms with Gasteiger partial charge in [0.2, 0.25) is 0 Å². The van der Waals surface area contributed by atoms with E-state index < -0.39 is 0 Å². The van der Waals surface area contributed by atoms with Crippen LogP contribution in [0.3, 0.4) is 0 Å². The van der Waals surface area contributed by atoms with Gasteiger partial charge in [0.05, 0.1) is 18.2 Å². The number of allylic oxidation sites excluding steroid dienone is 3. The third-order valence-corrected chi connectivity index (χ3v) is 4.53. The molecule has 124 valence electrons. The number of carbonyl (C=O) groups excluding carboxylic acids is 1. The molecule has 4 rings (SSSR count). The van der Waals surface area contributed by atoms with Crippen molar-refractivity contribution in [3.63, 3.8) is 0 Å². The lowest BCUT2D eigenvalue weighted by Gasteiger charge is -2.34. The summed E-state index contributed by atoms with van der Waals surface area (Å²) in [5.74, 6) is -0.625. The van der Waals surface area contributed by atoms with Gasteiger partial charge >= 0.3 is 0 Å². The van der Waals surface area contributed by atoms with Crippen LogP contribution in [0.25, 0.3) is 0 Å². The molecule has 0 spiro atoms. The Hall–Kier alpha value is -3.01. The summed E-state index contributed by atoms with van der Waals surface area (Å²) in [5.41, 5.74) is 2.74. The molecule has 0 unspecified atom stereocenters. The largest absolute Gasteiger partial charge is 0.272 e. The van der Waals surface area contributed by atoms with Crippen molar-refractivity contribution in [2.24, 2.45) is 16.9 Å². The van der Waals surface area contributed by atoms with Crippen molar-refractivity contribution in [2.75, 3.05) is 0 Å². The zero-order valence-electron chi connectivity index (χ0n) is 13.5. The van der Waals surface area contributed by atoms with Crippen LogP contribution in [0.1, 0.15) is 11.1 Å². The zero-order valence-corrected chi connectivity index (χ0v) is 13.5. The molecule has 0 bridgehead atoms. The summed E-state index contributed by atoms with van der Waals surface area (Å²) in [6.45, 7) is 0.330. The quantitative estimate of drug-likeness (QED) is 0.838. The molecule has 0 fully saturated rings. The Kier molecular flexibility index (Phi) is 4.02. The lowest BCUT2D eigenvalue weighted by atomic mass is 9.80. The van der Waals surface area contributed by atoms with Gasteiger partial charge in [0, 0.05) is 5.92 Å². The maximum absolute atomic E-state index is 13.1. The molecule has 2 aromatic rings. The monoisotopic (exact) mass is 332 g/mol. The van der Waals surface area contributed by atoms with E-state index in [4.69, 9.17) is 0 Å². The molecule has 2 aliphatic rings. The molecule has 3 nitrogen and oxygen atoms in total. The molecule has 0 saturated heterocycles. The van der Waals surface area contributed by atoms with Crippen molar-refractivity contribution in [2.45, 2.75) is 6.54 Å². The van der Waals surface area contributed by atoms with Crippen LogP contribution in [0, 0.1) is 17.7 Å². The topological polar surface area (TPSA) is 32.7 Å². The first-order valence-corrected chi connectivity index (χ1v) is 8.27. The van der Waals surface area contributed by atoms with Crippen LogP contribution in [-0.2, 0) is 11.3 Å². The average molecular weight is 332 g/mol. The molecule has 0 radical (unpaired) electrons. The lowest BCUT2D eigenvalue weighted by Crippen LogP contribution is -2.43. The number of fused-ring (bicyclic) bond motifs is 1. The fourth-order valence-electron chi connectivity index (χ4n) is 3.26. The van der Waals surface area contributed by atoms with Crippen molar-refractivity contribution in [1.29, 1.82) is 0 Å². The molecule has 2 aromatic carbocycles. The van der Waals surface area contributed by atoms with Gasteiger partial charge in [-0.25, -0.2) is 9.40 Å². The third-order valence-electron chi connectivity index (χ3n) is 4.53. The molecular formula is C21H17FN2O. The van der Waals surface area contributed by atoms with E-state index in [0.717, 1.165) is 16.8 Å². The maximum Gasteiger partial charge on any atom is 0.250 e. The van der Waals surface area contributed by atoms with E-state index in [1.807, 2.05) is 54.6 Å². The molecule has 0 aromatic heterocycles. The molecule has 25 heavy (non-hydrogen) atoms. The molecule has 2 atom stereocenters. The number of halogens is 1. The Bertz CT molecular complexity index is 869. The van der Waals surface area contributed by atoms with Crippen LogP contribution in [0.2, 0.25) is 0 Å². The summed E-state index contributed by atoms with van der Waals surface area (Å²) in [5, 5.41) is 6.16. The van der Waals surface area contributed by atoms with E-state index in [9.17, 15) is 9.18 Å². The highest BCUT2D eigenvalue weighted by Crippen LogP contribution is 2.31. The van der Waals surface area contributed by atoms with E-state index in [1.54, 1.807) is 12.1 Å². The predicted octanol–water partition coefficient (Wildman–Crippen LogP) is 3.93. The highest BCUT2D eigenvalue weighted by atomic mass is 19.1. The third kappa shape index (κ3) is 3.03. The van der Waals surface area contributed by atoms with Crippen LogP contribution in [0.5, 0.6) is 0 Å². The first kappa shape index (κ1) is 15.5. The van der Waals surface area contributed by atoms with Crippen LogP contribution < -0.4 is 0 Å². The van der Waals surface area contributed by atoms with E-state index in [0.29, 0.717) is 6.54 Å². The predicted molar refractivity (Wildman–Crippen MR) is 95.2 cm³/mol. The minimum Gasteiger partial charge on any atom is -0.272 e. The zero-order chi connectivity index (χ0) is 17.2. The summed E-state index contributed by atoms with van der Waals surface area (Å²) < 4.78 is 13.1. The second-order valence-electron chi connectivity index (χ2n) is 6.19. The van der Waals surface area contributed by atoms with Crippen molar-refractivity contribution >= 4 is 11.6 Å². The first-order chi connectivity index (χ1) is 12.2. The summed E-state index contributed by atoms with van der Waals surface area (Å²) >= 11 is 0. The first-order valence-electron chi connectivity index (χ1n) is 8.27. The van der Waals surface area contributed by atoms with Crippen LogP contribution >= 0.6 is 0 Å². The SMILES string of the molecule is O=C1[C@H]2C=CC=C[C@@H]2C(c2ccccc2)=NN1Cc1ccc(F)cc1. The normalized spacial score (nSPS) is 21.9. The fraction of sp³-hybridized carbons (Fsp3) is 0.143. The summed E-state index contributed by atoms with van der Waals surface area (Å²) in [7, 11) is 0. The fourth-order valence-corrected chi connectivity index (χ4v) is 3.26. The molecule has 0 N–H and O–H groups in total. The van der Waals surface area contributed by atoms with E-state index in [-0.39, 0.29) is 23.6 Å². The highest BCUT2D eigenvalue weighted by Gasteiger charge is 2.37. The molecule has 0 saturated carbocycles. The smallest absolute Gasteiger partial charge is 0.250 e. The average Bonchev–Trinajstić information content (AvgIpc) is 2.66. The van der Waals surface area contributed by atoms with Crippen molar-refractivity contribution in [1.82, 2.24) is 5.01 Å². The Morgan fingerprint density at radius 2 is 1.60 bits per heavy atom.